The molecule has 0 saturated carbocycles. The number of hydrogen-bond acceptors (Lipinski definition) is 6. The van der Waals surface area contributed by atoms with Gasteiger partial charge in [-0.05, 0) is 19.8 Å². The van der Waals surface area contributed by atoms with Gasteiger partial charge in [0.15, 0.2) is 5.13 Å². The van der Waals surface area contributed by atoms with E-state index < -0.39 is 0 Å². The fraction of sp³-hybridized carbons (Fsp3) is 0.636. The lowest BCUT2D eigenvalue weighted by Crippen LogP contribution is -2.26. The van der Waals surface area contributed by atoms with E-state index in [1.165, 1.54) is 11.3 Å². The lowest BCUT2D eigenvalue weighted by molar-refractivity contribution is 0.0946. The van der Waals surface area contributed by atoms with E-state index >= 15 is 0 Å². The Morgan fingerprint density at radius 3 is 2.89 bits per heavy atom. The number of aromatic nitrogens is 1. The third kappa shape index (κ3) is 4.15. The highest BCUT2D eigenvalue weighted by Gasteiger charge is 2.15. The molecule has 0 aliphatic heterocycles. The molecule has 0 fully saturated rings. The monoisotopic (exact) mass is 272 g/mol. The Balaban J connectivity index is 2.50. The highest BCUT2D eigenvalue weighted by molar-refractivity contribution is 7.18. The smallest absolute Gasteiger partial charge is 0.265 e. The number of nitrogens with one attached hydrogen (secondary N) is 2. The molecule has 102 valence electrons. The number of amides is 1. The minimum atomic E-state index is -0.374. The summed E-state index contributed by atoms with van der Waals surface area (Å²) in [6.45, 7) is 5.01. The molecule has 1 heterocycles. The van der Waals surface area contributed by atoms with Gasteiger partial charge in [0.1, 0.15) is 10.7 Å². The third-order valence-corrected chi connectivity index (χ3v) is 3.45. The number of nitrogens with zero attached hydrogens (tertiary/aromatic N) is 1. The Hall–Kier alpha value is -1.34. The lowest BCUT2D eigenvalue weighted by atomic mass is 10.2. The van der Waals surface area contributed by atoms with Crippen LogP contribution in [-0.2, 0) is 0 Å². The molecule has 0 radical (unpaired) electrons. The number of thiazole rings is 1. The minimum Gasteiger partial charge on any atom is -0.393 e. The first-order chi connectivity index (χ1) is 8.58. The van der Waals surface area contributed by atoms with Crippen molar-refractivity contribution >= 4 is 28.2 Å². The zero-order valence-electron chi connectivity index (χ0n) is 10.7. The molecule has 1 amide bonds. The van der Waals surface area contributed by atoms with Gasteiger partial charge in [0.05, 0.1) is 6.10 Å². The lowest BCUT2D eigenvalue weighted by Gasteiger charge is -2.07. The summed E-state index contributed by atoms with van der Waals surface area (Å²) in [5.74, 6) is 0.00180. The van der Waals surface area contributed by atoms with Gasteiger partial charge in [-0.2, -0.15) is 0 Å². The molecule has 0 aliphatic rings. The number of aliphatic hydroxyl groups excluding tert-OH is 1. The standard InChI is InChI=1S/C11H20N4O2S/c1-3-7(16)5-6-14-10(17)8-9(12)15-11(18-8)13-4-2/h7,16H,3-6,12H2,1-2H3,(H,13,15)(H,14,17). The topological polar surface area (TPSA) is 100 Å². The summed E-state index contributed by atoms with van der Waals surface area (Å²) in [6.07, 6.45) is 0.853. The van der Waals surface area contributed by atoms with Crippen molar-refractivity contribution < 1.29 is 9.90 Å². The number of hydrogen-bond donors (Lipinski definition) is 4. The van der Waals surface area contributed by atoms with Crippen molar-refractivity contribution in [2.24, 2.45) is 0 Å². The average molecular weight is 272 g/mol. The molecule has 1 rings (SSSR count). The Labute approximate surface area is 111 Å². The Morgan fingerprint density at radius 1 is 1.56 bits per heavy atom. The van der Waals surface area contributed by atoms with Crippen LogP contribution in [0.5, 0.6) is 0 Å². The first kappa shape index (κ1) is 14.7. The van der Waals surface area contributed by atoms with Crippen LogP contribution in [0.2, 0.25) is 0 Å². The molecule has 0 saturated heterocycles. The van der Waals surface area contributed by atoms with E-state index in [1.807, 2.05) is 13.8 Å². The number of carbonyl (C=O) groups excluding carboxylic acids is 1. The highest BCUT2D eigenvalue weighted by atomic mass is 32.1. The molecule has 1 atom stereocenters. The maximum atomic E-state index is 11.8. The van der Waals surface area contributed by atoms with Crippen molar-refractivity contribution in [3.63, 3.8) is 0 Å². The van der Waals surface area contributed by atoms with E-state index in [0.29, 0.717) is 29.4 Å². The van der Waals surface area contributed by atoms with Crippen molar-refractivity contribution in [2.75, 3.05) is 24.1 Å². The Bertz CT molecular complexity index is 394. The Morgan fingerprint density at radius 2 is 2.28 bits per heavy atom. The van der Waals surface area contributed by atoms with E-state index in [0.717, 1.165) is 6.54 Å². The number of nitrogens with two attached hydrogens (primary N) is 1. The Kier molecular flexibility index (Phi) is 5.87. The molecule has 7 heteroatoms. The van der Waals surface area contributed by atoms with Gasteiger partial charge >= 0.3 is 0 Å². The summed E-state index contributed by atoms with van der Waals surface area (Å²) in [4.78, 5) is 16.3. The molecule has 0 aliphatic carbocycles. The van der Waals surface area contributed by atoms with Crippen LogP contribution in [0.25, 0.3) is 0 Å². The summed E-state index contributed by atoms with van der Waals surface area (Å²) in [5.41, 5.74) is 5.68. The number of aliphatic hydroxyl groups is 1. The van der Waals surface area contributed by atoms with Gasteiger partial charge < -0.3 is 21.5 Å². The molecule has 0 aromatic carbocycles. The second-order valence-corrected chi connectivity index (χ2v) is 4.87. The molecule has 1 unspecified atom stereocenters. The molecule has 0 bridgehead atoms. The molecule has 5 N–H and O–H groups in total. The van der Waals surface area contributed by atoms with Crippen molar-refractivity contribution in [1.82, 2.24) is 10.3 Å². The van der Waals surface area contributed by atoms with Crippen LogP contribution in [0.4, 0.5) is 10.9 Å². The molecule has 1 aromatic heterocycles. The predicted molar refractivity (Wildman–Crippen MR) is 73.9 cm³/mol. The third-order valence-electron chi connectivity index (χ3n) is 2.42. The van der Waals surface area contributed by atoms with Gasteiger partial charge in [-0.1, -0.05) is 18.3 Å². The van der Waals surface area contributed by atoms with Gasteiger partial charge in [-0.15, -0.1) is 0 Å². The molecule has 0 spiro atoms. The van der Waals surface area contributed by atoms with E-state index in [1.54, 1.807) is 0 Å². The van der Waals surface area contributed by atoms with Crippen LogP contribution < -0.4 is 16.4 Å². The fourth-order valence-corrected chi connectivity index (χ4v) is 2.23. The summed E-state index contributed by atoms with van der Waals surface area (Å²) >= 11 is 1.24. The quantitative estimate of drug-likeness (QED) is 0.594. The highest BCUT2D eigenvalue weighted by Crippen LogP contribution is 2.24. The summed E-state index contributed by atoms with van der Waals surface area (Å²) in [7, 11) is 0. The molecule has 18 heavy (non-hydrogen) atoms. The summed E-state index contributed by atoms with van der Waals surface area (Å²) < 4.78 is 0. The SMILES string of the molecule is CCNc1nc(N)c(C(=O)NCCC(O)CC)s1. The van der Waals surface area contributed by atoms with Crippen LogP contribution >= 0.6 is 11.3 Å². The van der Waals surface area contributed by atoms with Gasteiger partial charge in [0, 0.05) is 13.1 Å². The second kappa shape index (κ2) is 7.17. The average Bonchev–Trinajstić information content (AvgIpc) is 2.70. The zero-order chi connectivity index (χ0) is 13.5. The zero-order valence-corrected chi connectivity index (χ0v) is 11.5. The fourth-order valence-electron chi connectivity index (χ4n) is 1.36. The van der Waals surface area contributed by atoms with E-state index in [-0.39, 0.29) is 17.8 Å². The predicted octanol–water partition coefficient (Wildman–Crippen LogP) is 1.05. The minimum absolute atomic E-state index is 0.238. The number of nitrogen functional groups attached to an aromatic ring is 1. The summed E-state index contributed by atoms with van der Waals surface area (Å²) in [5, 5.41) is 15.8. The van der Waals surface area contributed by atoms with Crippen LogP contribution in [0, 0.1) is 0 Å². The first-order valence-corrected chi connectivity index (χ1v) is 6.86. The number of carbonyl (C=O) groups is 1. The second-order valence-electron chi connectivity index (χ2n) is 3.87. The summed E-state index contributed by atoms with van der Waals surface area (Å²) in [6, 6.07) is 0. The van der Waals surface area contributed by atoms with E-state index in [9.17, 15) is 9.90 Å². The normalized spacial score (nSPS) is 12.2. The van der Waals surface area contributed by atoms with Crippen molar-refractivity contribution in [3.05, 3.63) is 4.88 Å². The van der Waals surface area contributed by atoms with Crippen molar-refractivity contribution in [1.29, 1.82) is 0 Å². The van der Waals surface area contributed by atoms with Gasteiger partial charge in [0.25, 0.3) is 5.91 Å². The van der Waals surface area contributed by atoms with Crippen molar-refractivity contribution in [2.45, 2.75) is 32.8 Å². The van der Waals surface area contributed by atoms with Gasteiger partial charge in [-0.3, -0.25) is 4.79 Å². The van der Waals surface area contributed by atoms with Gasteiger partial charge in [-0.25, -0.2) is 4.98 Å². The molecular formula is C11H20N4O2S. The molecule has 1 aromatic rings. The van der Waals surface area contributed by atoms with Crippen LogP contribution in [0.1, 0.15) is 36.4 Å². The van der Waals surface area contributed by atoms with Crippen LogP contribution in [0.3, 0.4) is 0 Å². The maximum Gasteiger partial charge on any atom is 0.265 e. The largest absolute Gasteiger partial charge is 0.393 e. The van der Waals surface area contributed by atoms with E-state index in [4.69, 9.17) is 5.73 Å². The molecule has 6 nitrogen and oxygen atoms in total. The van der Waals surface area contributed by atoms with E-state index in [2.05, 4.69) is 15.6 Å². The number of anilines is 2. The number of rotatable bonds is 7. The van der Waals surface area contributed by atoms with Crippen molar-refractivity contribution in [3.8, 4) is 0 Å². The molecular weight excluding hydrogens is 252 g/mol. The van der Waals surface area contributed by atoms with Gasteiger partial charge in [0.2, 0.25) is 0 Å². The van der Waals surface area contributed by atoms with Crippen LogP contribution in [0.15, 0.2) is 0 Å². The van der Waals surface area contributed by atoms with Crippen LogP contribution in [-0.4, -0.2) is 35.2 Å². The maximum absolute atomic E-state index is 11.8. The first-order valence-electron chi connectivity index (χ1n) is 6.04.